The molecule has 0 amide bonds. The SMILES string of the molecule is COC(=O)c1ccc2nc(-c3ccccc3)c(Cc3ccccc3)n2c1. The first-order chi connectivity index (χ1) is 12.8. The van der Waals surface area contributed by atoms with Gasteiger partial charge in [-0.3, -0.25) is 0 Å². The summed E-state index contributed by atoms with van der Waals surface area (Å²) in [6.07, 6.45) is 2.52. The van der Waals surface area contributed by atoms with Crippen LogP contribution in [0.4, 0.5) is 0 Å². The van der Waals surface area contributed by atoms with Crippen molar-refractivity contribution in [1.29, 1.82) is 0 Å². The average Bonchev–Trinajstić information content (AvgIpc) is 3.06. The van der Waals surface area contributed by atoms with Crippen molar-refractivity contribution in [2.45, 2.75) is 6.42 Å². The summed E-state index contributed by atoms with van der Waals surface area (Å²) in [6, 6.07) is 24.0. The highest BCUT2D eigenvalue weighted by Gasteiger charge is 2.16. The number of benzene rings is 2. The van der Waals surface area contributed by atoms with Crippen molar-refractivity contribution in [3.05, 3.63) is 95.8 Å². The number of carbonyl (C=O) groups is 1. The van der Waals surface area contributed by atoms with Gasteiger partial charge in [0.15, 0.2) is 0 Å². The number of carbonyl (C=O) groups excluding carboxylic acids is 1. The Morgan fingerprint density at radius 1 is 0.962 bits per heavy atom. The fourth-order valence-electron chi connectivity index (χ4n) is 3.12. The minimum absolute atomic E-state index is 0.354. The quantitative estimate of drug-likeness (QED) is 0.517. The topological polar surface area (TPSA) is 43.6 Å². The Hall–Kier alpha value is -3.40. The molecule has 2 aromatic heterocycles. The monoisotopic (exact) mass is 342 g/mol. The summed E-state index contributed by atoms with van der Waals surface area (Å²) in [5.41, 5.74) is 5.53. The third kappa shape index (κ3) is 2.97. The first-order valence-corrected chi connectivity index (χ1v) is 8.45. The molecule has 0 saturated heterocycles. The molecule has 0 unspecified atom stereocenters. The smallest absolute Gasteiger partial charge is 0.339 e. The average molecular weight is 342 g/mol. The Morgan fingerprint density at radius 3 is 2.35 bits per heavy atom. The van der Waals surface area contributed by atoms with Crippen molar-refractivity contribution < 1.29 is 9.53 Å². The lowest BCUT2D eigenvalue weighted by molar-refractivity contribution is 0.0600. The maximum atomic E-state index is 11.9. The van der Waals surface area contributed by atoms with Crippen molar-refractivity contribution in [3.63, 3.8) is 0 Å². The predicted molar refractivity (Wildman–Crippen MR) is 101 cm³/mol. The minimum atomic E-state index is -0.354. The van der Waals surface area contributed by atoms with Crippen LogP contribution in [-0.4, -0.2) is 22.5 Å². The zero-order valence-electron chi connectivity index (χ0n) is 14.4. The standard InChI is InChI=1S/C22H18N2O2/c1-26-22(25)18-12-13-20-23-21(17-10-6-3-7-11-17)19(24(20)15-18)14-16-8-4-2-5-9-16/h2-13,15H,14H2,1H3. The van der Waals surface area contributed by atoms with Crippen LogP contribution in [0.3, 0.4) is 0 Å². The molecule has 0 spiro atoms. The number of nitrogens with zero attached hydrogens (tertiary/aromatic N) is 2. The van der Waals surface area contributed by atoms with E-state index in [0.29, 0.717) is 5.56 Å². The fraction of sp³-hybridized carbons (Fsp3) is 0.0909. The highest BCUT2D eigenvalue weighted by atomic mass is 16.5. The summed E-state index contributed by atoms with van der Waals surface area (Å²) in [4.78, 5) is 16.8. The van der Waals surface area contributed by atoms with Gasteiger partial charge in [-0.15, -0.1) is 0 Å². The van der Waals surface area contributed by atoms with E-state index in [9.17, 15) is 4.79 Å². The second kappa shape index (κ2) is 6.84. The van der Waals surface area contributed by atoms with Gasteiger partial charge < -0.3 is 9.14 Å². The van der Waals surface area contributed by atoms with E-state index >= 15 is 0 Å². The summed E-state index contributed by atoms with van der Waals surface area (Å²) in [6.45, 7) is 0. The lowest BCUT2D eigenvalue weighted by atomic mass is 10.0. The molecule has 4 aromatic rings. The molecule has 4 heteroatoms. The number of fused-ring (bicyclic) bond motifs is 1. The second-order valence-electron chi connectivity index (χ2n) is 6.07. The summed E-state index contributed by atoms with van der Waals surface area (Å²) < 4.78 is 6.85. The molecule has 0 N–H and O–H groups in total. The number of methoxy groups -OCH3 is 1. The highest BCUT2D eigenvalue weighted by Crippen LogP contribution is 2.27. The van der Waals surface area contributed by atoms with E-state index < -0.39 is 0 Å². The van der Waals surface area contributed by atoms with Crippen LogP contribution in [-0.2, 0) is 11.2 Å². The number of ether oxygens (including phenoxy) is 1. The van der Waals surface area contributed by atoms with Crippen LogP contribution < -0.4 is 0 Å². The zero-order valence-corrected chi connectivity index (χ0v) is 14.4. The van der Waals surface area contributed by atoms with Crippen molar-refractivity contribution >= 4 is 11.6 Å². The molecule has 0 bridgehead atoms. The Bertz CT molecular complexity index is 1050. The molecule has 0 atom stereocenters. The van der Waals surface area contributed by atoms with Gasteiger partial charge in [0.2, 0.25) is 0 Å². The summed E-state index contributed by atoms with van der Waals surface area (Å²) >= 11 is 0. The van der Waals surface area contributed by atoms with Gasteiger partial charge in [-0.2, -0.15) is 0 Å². The third-order valence-corrected chi connectivity index (χ3v) is 4.40. The number of hydrogen-bond donors (Lipinski definition) is 0. The Kier molecular flexibility index (Phi) is 4.23. The first-order valence-electron chi connectivity index (χ1n) is 8.45. The van der Waals surface area contributed by atoms with Gasteiger partial charge in [0, 0.05) is 18.2 Å². The van der Waals surface area contributed by atoms with Crippen LogP contribution in [0.5, 0.6) is 0 Å². The van der Waals surface area contributed by atoms with Gasteiger partial charge in [-0.05, 0) is 17.7 Å². The predicted octanol–water partition coefficient (Wildman–Crippen LogP) is 4.38. The van der Waals surface area contributed by atoms with E-state index in [1.165, 1.54) is 12.7 Å². The Balaban J connectivity index is 1.92. The number of aromatic nitrogens is 2. The number of hydrogen-bond acceptors (Lipinski definition) is 3. The van der Waals surface area contributed by atoms with Crippen LogP contribution >= 0.6 is 0 Å². The molecule has 26 heavy (non-hydrogen) atoms. The molecular formula is C22H18N2O2. The molecule has 0 radical (unpaired) electrons. The lowest BCUT2D eigenvalue weighted by Crippen LogP contribution is -2.04. The van der Waals surface area contributed by atoms with Gasteiger partial charge in [0.1, 0.15) is 5.65 Å². The largest absolute Gasteiger partial charge is 0.465 e. The van der Waals surface area contributed by atoms with E-state index in [1.807, 2.05) is 46.9 Å². The zero-order chi connectivity index (χ0) is 17.9. The molecule has 0 fully saturated rings. The van der Waals surface area contributed by atoms with Crippen molar-refractivity contribution in [1.82, 2.24) is 9.38 Å². The molecule has 0 aliphatic heterocycles. The first kappa shape index (κ1) is 16.1. The number of rotatable bonds is 4. The van der Waals surface area contributed by atoms with Gasteiger partial charge >= 0.3 is 5.97 Å². The van der Waals surface area contributed by atoms with Crippen molar-refractivity contribution in [2.24, 2.45) is 0 Å². The van der Waals surface area contributed by atoms with Crippen LogP contribution in [0.1, 0.15) is 21.6 Å². The number of imidazole rings is 1. The second-order valence-corrected chi connectivity index (χ2v) is 6.07. The van der Waals surface area contributed by atoms with Gasteiger partial charge in [0.25, 0.3) is 0 Å². The molecule has 0 aliphatic rings. The summed E-state index contributed by atoms with van der Waals surface area (Å²) in [7, 11) is 1.39. The molecule has 2 aromatic carbocycles. The molecule has 4 rings (SSSR count). The molecule has 128 valence electrons. The molecule has 0 aliphatic carbocycles. The normalized spacial score (nSPS) is 10.8. The maximum Gasteiger partial charge on any atom is 0.339 e. The van der Waals surface area contributed by atoms with Crippen molar-refractivity contribution in [3.8, 4) is 11.3 Å². The molecule has 4 nitrogen and oxygen atoms in total. The van der Waals surface area contributed by atoms with E-state index in [-0.39, 0.29) is 5.97 Å². The van der Waals surface area contributed by atoms with E-state index in [4.69, 9.17) is 9.72 Å². The summed E-state index contributed by atoms with van der Waals surface area (Å²) in [5.74, 6) is -0.354. The van der Waals surface area contributed by atoms with E-state index in [1.54, 1.807) is 12.3 Å². The van der Waals surface area contributed by atoms with Crippen LogP contribution in [0.15, 0.2) is 79.0 Å². The lowest BCUT2D eigenvalue weighted by Gasteiger charge is -2.07. The highest BCUT2D eigenvalue weighted by molar-refractivity contribution is 5.89. The summed E-state index contributed by atoms with van der Waals surface area (Å²) in [5, 5.41) is 0. The third-order valence-electron chi connectivity index (χ3n) is 4.40. The Morgan fingerprint density at radius 2 is 1.65 bits per heavy atom. The minimum Gasteiger partial charge on any atom is -0.465 e. The Labute approximate surface area is 151 Å². The number of esters is 1. The van der Waals surface area contributed by atoms with Gasteiger partial charge in [0.05, 0.1) is 24.1 Å². The van der Waals surface area contributed by atoms with E-state index in [0.717, 1.165) is 29.0 Å². The van der Waals surface area contributed by atoms with Crippen LogP contribution in [0, 0.1) is 0 Å². The maximum absolute atomic E-state index is 11.9. The van der Waals surface area contributed by atoms with E-state index in [2.05, 4.69) is 24.3 Å². The van der Waals surface area contributed by atoms with Crippen molar-refractivity contribution in [2.75, 3.05) is 7.11 Å². The van der Waals surface area contributed by atoms with Gasteiger partial charge in [-0.1, -0.05) is 60.7 Å². The molecular weight excluding hydrogens is 324 g/mol. The van der Waals surface area contributed by atoms with Crippen LogP contribution in [0.25, 0.3) is 16.9 Å². The van der Waals surface area contributed by atoms with Gasteiger partial charge in [-0.25, -0.2) is 9.78 Å². The number of pyridine rings is 1. The molecule has 0 saturated carbocycles. The molecule has 2 heterocycles. The fourth-order valence-corrected chi connectivity index (χ4v) is 3.12. The van der Waals surface area contributed by atoms with Crippen LogP contribution in [0.2, 0.25) is 0 Å².